The summed E-state index contributed by atoms with van der Waals surface area (Å²) in [5, 5.41) is -0.168. The fourth-order valence-electron chi connectivity index (χ4n) is 6.39. The van der Waals surface area contributed by atoms with Crippen molar-refractivity contribution >= 4 is 29.2 Å². The maximum atomic E-state index is 15.0. The summed E-state index contributed by atoms with van der Waals surface area (Å²) < 4.78 is 65.8. The zero-order valence-electron chi connectivity index (χ0n) is 23.0. The number of ether oxygens (including phenoxy) is 1. The average molecular weight is 608 g/mol. The van der Waals surface area contributed by atoms with Gasteiger partial charge >= 0.3 is 6.18 Å². The Morgan fingerprint density at radius 2 is 1.90 bits per heavy atom. The molecule has 0 bridgehead atoms. The number of rotatable bonds is 4. The van der Waals surface area contributed by atoms with Crippen LogP contribution in [0.1, 0.15) is 30.1 Å². The number of nitrogens with zero attached hydrogens (tertiary/aromatic N) is 5. The summed E-state index contributed by atoms with van der Waals surface area (Å²) in [7, 11) is 0. The molecule has 42 heavy (non-hydrogen) atoms. The molecule has 224 valence electrons. The van der Waals surface area contributed by atoms with Crippen molar-refractivity contribution < 1.29 is 31.9 Å². The van der Waals surface area contributed by atoms with Gasteiger partial charge in [0, 0.05) is 37.8 Å². The van der Waals surface area contributed by atoms with E-state index in [1.54, 1.807) is 6.07 Å². The van der Waals surface area contributed by atoms with Crippen LogP contribution in [0.2, 0.25) is 5.02 Å². The van der Waals surface area contributed by atoms with Crippen LogP contribution < -0.4 is 9.64 Å². The van der Waals surface area contributed by atoms with Gasteiger partial charge in [0.15, 0.2) is 5.75 Å². The number of pyridine rings is 1. The Hall–Kier alpha value is -3.38. The van der Waals surface area contributed by atoms with E-state index in [0.29, 0.717) is 13.1 Å². The molecule has 0 spiro atoms. The highest BCUT2D eigenvalue weighted by molar-refractivity contribution is 6.35. The summed E-state index contributed by atoms with van der Waals surface area (Å²) in [4.78, 5) is 37.3. The summed E-state index contributed by atoms with van der Waals surface area (Å²) in [6.45, 7) is 6.39. The first kappa shape index (κ1) is 28.7. The molecule has 3 fully saturated rings. The number of likely N-dealkylation sites (tertiary alicyclic amines) is 1. The molecule has 3 saturated heterocycles. The van der Waals surface area contributed by atoms with E-state index in [1.165, 1.54) is 34.1 Å². The van der Waals surface area contributed by atoms with E-state index in [4.69, 9.17) is 16.3 Å². The highest BCUT2D eigenvalue weighted by atomic mass is 35.5. The van der Waals surface area contributed by atoms with Gasteiger partial charge in [0.2, 0.25) is 5.91 Å². The second-order valence-corrected chi connectivity index (χ2v) is 11.7. The molecule has 6 rings (SSSR count). The second kappa shape index (κ2) is 10.4. The third-order valence-electron chi connectivity index (χ3n) is 8.96. The molecule has 3 atom stereocenters. The smallest absolute Gasteiger partial charge is 0.411 e. The van der Waals surface area contributed by atoms with Gasteiger partial charge in [0.1, 0.15) is 34.4 Å². The highest BCUT2D eigenvalue weighted by Gasteiger charge is 2.62. The number of anilines is 1. The third kappa shape index (κ3) is 4.50. The van der Waals surface area contributed by atoms with Gasteiger partial charge in [-0.1, -0.05) is 30.3 Å². The second-order valence-electron chi connectivity index (χ2n) is 11.4. The van der Waals surface area contributed by atoms with E-state index in [-0.39, 0.29) is 78.5 Å². The molecule has 8 nitrogen and oxygen atoms in total. The summed E-state index contributed by atoms with van der Waals surface area (Å²) in [5.74, 6) is -1.96. The van der Waals surface area contributed by atoms with E-state index < -0.39 is 35.5 Å². The van der Waals surface area contributed by atoms with Gasteiger partial charge in [-0.05, 0) is 51.1 Å². The lowest BCUT2D eigenvalue weighted by molar-refractivity contribution is -0.180. The first-order valence-electron chi connectivity index (χ1n) is 13.9. The highest BCUT2D eigenvalue weighted by Crippen LogP contribution is 2.51. The molecular formula is C29H30ClF4N5O3. The molecule has 0 radical (unpaired) electrons. The fraction of sp³-hybridized carbons (Fsp3) is 0.483. The molecule has 0 saturated carbocycles. The molecule has 0 aliphatic carbocycles. The number of aromatic nitrogens is 1. The number of carbonyl (C=O) groups excluding carboxylic acids is 2. The van der Waals surface area contributed by atoms with Gasteiger partial charge in [-0.2, -0.15) is 13.2 Å². The first-order valence-corrected chi connectivity index (χ1v) is 14.2. The van der Waals surface area contributed by atoms with Crippen LogP contribution in [-0.4, -0.2) is 101 Å². The summed E-state index contributed by atoms with van der Waals surface area (Å²) >= 11 is 6.77. The number of benzene rings is 1. The van der Waals surface area contributed by atoms with Crippen LogP contribution in [0, 0.1) is 5.82 Å². The van der Waals surface area contributed by atoms with E-state index in [9.17, 15) is 22.8 Å². The Morgan fingerprint density at radius 3 is 2.55 bits per heavy atom. The molecule has 1 unspecified atom stereocenters. The Balaban J connectivity index is 1.53. The molecule has 2 aromatic rings. The van der Waals surface area contributed by atoms with Gasteiger partial charge < -0.3 is 19.4 Å². The monoisotopic (exact) mass is 607 g/mol. The minimum atomic E-state index is -4.67. The van der Waals surface area contributed by atoms with Crippen LogP contribution in [0.3, 0.4) is 0 Å². The van der Waals surface area contributed by atoms with Crippen LogP contribution in [0.15, 0.2) is 36.9 Å². The maximum Gasteiger partial charge on any atom is 0.411 e. The molecule has 4 aliphatic rings. The predicted molar refractivity (Wildman–Crippen MR) is 148 cm³/mol. The number of hydrogen-bond acceptors (Lipinski definition) is 6. The van der Waals surface area contributed by atoms with E-state index in [0.717, 1.165) is 18.2 Å². The number of carbonyl (C=O) groups is 2. The summed E-state index contributed by atoms with van der Waals surface area (Å²) in [6, 6.07) is 4.66. The summed E-state index contributed by atoms with van der Waals surface area (Å²) in [5.41, 5.74) is -2.70. The first-order chi connectivity index (χ1) is 19.9. The number of piperazine rings is 1. The Morgan fingerprint density at radius 1 is 1.17 bits per heavy atom. The lowest BCUT2D eigenvalue weighted by Crippen LogP contribution is -2.57. The van der Waals surface area contributed by atoms with Crippen molar-refractivity contribution in [1.82, 2.24) is 19.7 Å². The maximum absolute atomic E-state index is 15.0. The molecule has 13 heteroatoms. The van der Waals surface area contributed by atoms with Crippen molar-refractivity contribution in [1.29, 1.82) is 0 Å². The Kier molecular flexibility index (Phi) is 7.12. The Labute approximate surface area is 245 Å². The van der Waals surface area contributed by atoms with Crippen LogP contribution in [0.5, 0.6) is 5.75 Å². The van der Waals surface area contributed by atoms with Gasteiger partial charge in [0.05, 0.1) is 11.7 Å². The number of halogens is 5. The van der Waals surface area contributed by atoms with Crippen LogP contribution in [0.4, 0.5) is 23.4 Å². The van der Waals surface area contributed by atoms with Crippen LogP contribution in [-0.2, 0) is 4.79 Å². The number of amides is 2. The van der Waals surface area contributed by atoms with Gasteiger partial charge in [-0.25, -0.2) is 9.37 Å². The molecule has 1 aromatic heterocycles. The lowest BCUT2D eigenvalue weighted by atomic mass is 9.94. The van der Waals surface area contributed by atoms with Crippen molar-refractivity contribution in [3.63, 3.8) is 0 Å². The fourth-order valence-corrected chi connectivity index (χ4v) is 6.68. The third-order valence-corrected chi connectivity index (χ3v) is 9.31. The van der Waals surface area contributed by atoms with Crippen LogP contribution in [0.25, 0.3) is 11.3 Å². The van der Waals surface area contributed by atoms with Gasteiger partial charge in [0.25, 0.3) is 5.91 Å². The molecule has 4 aliphatic heterocycles. The lowest BCUT2D eigenvalue weighted by Gasteiger charge is -2.40. The quantitative estimate of drug-likeness (QED) is 0.380. The topological polar surface area (TPSA) is 69.2 Å². The molecule has 0 N–H and O–H groups in total. The number of alkyl halides is 3. The molecule has 1 aromatic carbocycles. The normalized spacial score (nSPS) is 26.2. The largest absolute Gasteiger partial charge is 0.489 e. The van der Waals surface area contributed by atoms with E-state index in [2.05, 4.69) is 11.6 Å². The SMILES string of the molecule is C=CC(=O)N1CCN2C(=O)c3c(N4CC(N5CCC5)C[C@@]4(C)C(F)(F)F)nc(-c4ccccc4F)c(Cl)c3OC[C@H]2C1. The van der Waals surface area contributed by atoms with Crippen molar-refractivity contribution in [2.24, 2.45) is 0 Å². The standard InChI is InChI=1S/C29H30ClF4N5O3/c1-3-21(40)37-11-12-38-18(14-37)16-42-25-22(27(38)41)26(35-24(23(25)30)19-7-4-5-8-20(19)31)39-15-17(36-9-6-10-36)13-28(39,2)29(32,33)34/h3-5,7-8,17-18H,1,6,9-16H2,2H3/t17?,18-,28+/m1/s1. The predicted octanol–water partition coefficient (Wildman–Crippen LogP) is 4.38. The van der Waals surface area contributed by atoms with Crippen molar-refractivity contribution in [3.05, 3.63) is 53.3 Å². The van der Waals surface area contributed by atoms with E-state index in [1.807, 2.05) is 4.90 Å². The zero-order chi connectivity index (χ0) is 30.0. The molecular weight excluding hydrogens is 578 g/mol. The van der Waals surface area contributed by atoms with Crippen molar-refractivity contribution in [3.8, 4) is 17.0 Å². The summed E-state index contributed by atoms with van der Waals surface area (Å²) in [6.07, 6.45) is -2.81. The average Bonchev–Trinajstić information content (AvgIpc) is 3.20. The number of hydrogen-bond donors (Lipinski definition) is 0. The van der Waals surface area contributed by atoms with Crippen LogP contribution >= 0.6 is 11.6 Å². The molecule has 2 amide bonds. The minimum absolute atomic E-state index is 0.0282. The number of fused-ring (bicyclic) bond motifs is 2. The minimum Gasteiger partial charge on any atom is -0.489 e. The zero-order valence-corrected chi connectivity index (χ0v) is 23.7. The Bertz CT molecular complexity index is 1450. The van der Waals surface area contributed by atoms with Crippen molar-refractivity contribution in [2.45, 2.75) is 43.6 Å². The van der Waals surface area contributed by atoms with Crippen molar-refractivity contribution in [2.75, 3.05) is 50.8 Å². The molecule has 5 heterocycles. The van der Waals surface area contributed by atoms with Gasteiger partial charge in [-0.15, -0.1) is 0 Å². The van der Waals surface area contributed by atoms with Gasteiger partial charge in [-0.3, -0.25) is 14.5 Å². The van der Waals surface area contributed by atoms with E-state index >= 15 is 4.39 Å².